The van der Waals surface area contributed by atoms with Crippen LogP contribution in [0.3, 0.4) is 0 Å². The van der Waals surface area contributed by atoms with Crippen molar-refractivity contribution in [2.45, 2.75) is 25.4 Å². The number of H-pyrrole nitrogens is 1. The zero-order valence-electron chi connectivity index (χ0n) is 17.5. The van der Waals surface area contributed by atoms with Crippen LogP contribution in [0.5, 0.6) is 17.2 Å². The second kappa shape index (κ2) is 9.28. The Hall–Kier alpha value is -2.58. The van der Waals surface area contributed by atoms with Crippen LogP contribution in [-0.4, -0.2) is 32.9 Å². The van der Waals surface area contributed by atoms with Crippen molar-refractivity contribution in [1.82, 2.24) is 4.98 Å². The molecule has 0 bridgehead atoms. The van der Waals surface area contributed by atoms with Crippen LogP contribution < -0.4 is 19.9 Å². The second-order valence-corrected chi connectivity index (χ2v) is 7.39. The van der Waals surface area contributed by atoms with Gasteiger partial charge in [-0.2, -0.15) is 13.2 Å². The van der Waals surface area contributed by atoms with Crippen LogP contribution in [0.25, 0.3) is 22.2 Å². The Morgan fingerprint density at radius 2 is 1.65 bits per heavy atom. The van der Waals surface area contributed by atoms with Crippen LogP contribution in [0.1, 0.15) is 24.0 Å². The zero-order valence-corrected chi connectivity index (χ0v) is 18.2. The Bertz CT molecular complexity index is 1060. The molecule has 5 nitrogen and oxygen atoms in total. The van der Waals surface area contributed by atoms with Gasteiger partial charge in [-0.05, 0) is 55.6 Å². The lowest BCUT2D eigenvalue weighted by Gasteiger charge is -2.14. The number of aromatic amines is 1. The third-order valence-electron chi connectivity index (χ3n) is 5.15. The molecule has 1 aromatic heterocycles. The first kappa shape index (κ1) is 23.1. The first-order chi connectivity index (χ1) is 14.8. The summed E-state index contributed by atoms with van der Waals surface area (Å²) in [4.78, 5) is 2.98. The minimum atomic E-state index is -4.53. The number of hydrogen-bond acceptors (Lipinski definition) is 4. The molecular weight excluding hydrogens is 433 g/mol. The van der Waals surface area contributed by atoms with Gasteiger partial charge in [-0.3, -0.25) is 0 Å². The number of hydrogen-bond donors (Lipinski definition) is 2. The van der Waals surface area contributed by atoms with Gasteiger partial charge in [0.25, 0.3) is 0 Å². The highest BCUT2D eigenvalue weighted by Gasteiger charge is 2.35. The van der Waals surface area contributed by atoms with Crippen molar-refractivity contribution < 1.29 is 27.4 Å². The summed E-state index contributed by atoms with van der Waals surface area (Å²) >= 11 is 6.38. The Morgan fingerprint density at radius 1 is 1.00 bits per heavy atom. The number of nitrogens with one attached hydrogen (secondary N) is 1. The van der Waals surface area contributed by atoms with Crippen molar-refractivity contribution in [3.05, 3.63) is 40.4 Å². The maximum absolute atomic E-state index is 13.7. The number of fused-ring (bicyclic) bond motifs is 1. The fourth-order valence-corrected chi connectivity index (χ4v) is 4.00. The highest BCUT2D eigenvalue weighted by Crippen LogP contribution is 2.45. The molecule has 0 unspecified atom stereocenters. The monoisotopic (exact) mass is 456 g/mol. The van der Waals surface area contributed by atoms with E-state index in [1.54, 1.807) is 12.1 Å². The molecule has 0 saturated heterocycles. The summed E-state index contributed by atoms with van der Waals surface area (Å²) in [5.74, 6) is 1.18. The SMILES string of the molecule is COc1cc(-c2[nH]c3c(C(F)(F)F)ccc(Cl)c3c2CCCCN)cc(OC)c1OC. The normalized spacial score (nSPS) is 11.7. The largest absolute Gasteiger partial charge is 0.493 e. The van der Waals surface area contributed by atoms with E-state index in [4.69, 9.17) is 31.5 Å². The minimum absolute atomic E-state index is 0.0495. The molecule has 31 heavy (non-hydrogen) atoms. The first-order valence-electron chi connectivity index (χ1n) is 9.67. The van der Waals surface area contributed by atoms with Crippen molar-refractivity contribution in [3.8, 4) is 28.5 Å². The van der Waals surface area contributed by atoms with E-state index in [2.05, 4.69) is 4.98 Å². The Kier molecular flexibility index (Phi) is 6.91. The van der Waals surface area contributed by atoms with Crippen LogP contribution in [0.15, 0.2) is 24.3 Å². The highest BCUT2D eigenvalue weighted by molar-refractivity contribution is 6.36. The van der Waals surface area contributed by atoms with Gasteiger partial charge in [0.1, 0.15) is 0 Å². The van der Waals surface area contributed by atoms with Crippen molar-refractivity contribution in [1.29, 1.82) is 0 Å². The first-order valence-corrected chi connectivity index (χ1v) is 10.0. The van der Waals surface area contributed by atoms with E-state index in [9.17, 15) is 13.2 Å². The lowest BCUT2D eigenvalue weighted by Crippen LogP contribution is -2.05. The smallest absolute Gasteiger partial charge is 0.418 e. The average molecular weight is 457 g/mol. The molecule has 3 N–H and O–H groups in total. The second-order valence-electron chi connectivity index (χ2n) is 6.98. The van der Waals surface area contributed by atoms with Crippen molar-refractivity contribution in [3.63, 3.8) is 0 Å². The molecule has 9 heteroatoms. The van der Waals surface area contributed by atoms with Gasteiger partial charge in [0, 0.05) is 10.9 Å². The molecule has 3 aromatic rings. The summed E-state index contributed by atoms with van der Waals surface area (Å²) in [6, 6.07) is 5.66. The molecule has 0 aliphatic rings. The molecule has 2 aromatic carbocycles. The number of halogens is 4. The Labute approximate surface area is 183 Å². The van der Waals surface area contributed by atoms with Crippen molar-refractivity contribution >= 4 is 22.5 Å². The fraction of sp³-hybridized carbons (Fsp3) is 0.364. The van der Waals surface area contributed by atoms with Gasteiger partial charge in [-0.25, -0.2) is 0 Å². The predicted octanol–water partition coefficient (Wildman–Crippen LogP) is 5.81. The summed E-state index contributed by atoms with van der Waals surface area (Å²) in [7, 11) is 4.44. The third kappa shape index (κ3) is 4.41. The van der Waals surface area contributed by atoms with Crippen LogP contribution in [0, 0.1) is 0 Å². The molecule has 1 heterocycles. The summed E-state index contributed by atoms with van der Waals surface area (Å²) in [5, 5.41) is 0.609. The van der Waals surface area contributed by atoms with Crippen LogP contribution >= 0.6 is 11.6 Å². The van der Waals surface area contributed by atoms with Gasteiger partial charge in [0.15, 0.2) is 11.5 Å². The van der Waals surface area contributed by atoms with Gasteiger partial charge in [-0.1, -0.05) is 11.6 Å². The van der Waals surface area contributed by atoms with Gasteiger partial charge in [0.2, 0.25) is 5.75 Å². The molecular formula is C22H24ClF3N2O3. The van der Waals surface area contributed by atoms with Crippen LogP contribution in [0.2, 0.25) is 5.02 Å². The van der Waals surface area contributed by atoms with E-state index in [1.807, 2.05) is 0 Å². The van der Waals surface area contributed by atoms with Crippen LogP contribution in [0.4, 0.5) is 13.2 Å². The van der Waals surface area contributed by atoms with Gasteiger partial charge in [-0.15, -0.1) is 0 Å². The molecule has 0 aliphatic carbocycles. The standard InChI is InChI=1S/C22H24ClF3N2O3/c1-29-16-10-12(11-17(30-2)21(16)31-3)19-13(6-4-5-9-27)18-15(23)8-7-14(20(18)28-19)22(24,25)26/h7-8,10-11,28H,4-6,9,27H2,1-3H3. The average Bonchev–Trinajstić information content (AvgIpc) is 3.12. The van der Waals surface area contributed by atoms with Crippen LogP contribution in [-0.2, 0) is 12.6 Å². The summed E-state index contributed by atoms with van der Waals surface area (Å²) in [5.41, 5.74) is 6.60. The van der Waals surface area contributed by atoms with Gasteiger partial charge < -0.3 is 24.9 Å². The summed E-state index contributed by atoms with van der Waals surface area (Å²) in [6.45, 7) is 0.489. The number of aromatic nitrogens is 1. The number of alkyl halides is 3. The topological polar surface area (TPSA) is 69.5 Å². The molecule has 0 atom stereocenters. The molecule has 0 aliphatic heterocycles. The third-order valence-corrected chi connectivity index (χ3v) is 5.46. The zero-order chi connectivity index (χ0) is 22.8. The number of aryl methyl sites for hydroxylation is 1. The maximum Gasteiger partial charge on any atom is 0.418 e. The Balaban J connectivity index is 2.34. The maximum atomic E-state index is 13.7. The number of nitrogens with two attached hydrogens (primary N) is 1. The van der Waals surface area contributed by atoms with Gasteiger partial charge >= 0.3 is 6.18 Å². The van der Waals surface area contributed by atoms with E-state index in [1.165, 1.54) is 27.4 Å². The summed E-state index contributed by atoms with van der Waals surface area (Å²) in [6.07, 6.45) is -2.59. The molecule has 0 radical (unpaired) electrons. The fourth-order valence-electron chi connectivity index (χ4n) is 3.73. The number of ether oxygens (including phenoxy) is 3. The summed E-state index contributed by atoms with van der Waals surface area (Å²) < 4.78 is 57.3. The molecule has 168 valence electrons. The lowest BCUT2D eigenvalue weighted by atomic mass is 9.98. The molecule has 0 fully saturated rings. The van der Waals surface area contributed by atoms with E-state index in [0.29, 0.717) is 58.8 Å². The van der Waals surface area contributed by atoms with Crippen molar-refractivity contribution in [2.75, 3.05) is 27.9 Å². The van der Waals surface area contributed by atoms with E-state index >= 15 is 0 Å². The van der Waals surface area contributed by atoms with Gasteiger partial charge in [0.05, 0.1) is 43.1 Å². The molecule has 0 saturated carbocycles. The number of unbranched alkanes of at least 4 members (excludes halogenated alkanes) is 1. The molecule has 0 amide bonds. The quantitative estimate of drug-likeness (QED) is 0.419. The number of methoxy groups -OCH3 is 3. The highest BCUT2D eigenvalue weighted by atomic mass is 35.5. The number of rotatable bonds is 8. The predicted molar refractivity (Wildman–Crippen MR) is 115 cm³/mol. The Morgan fingerprint density at radius 3 is 2.16 bits per heavy atom. The minimum Gasteiger partial charge on any atom is -0.493 e. The van der Waals surface area contributed by atoms with E-state index < -0.39 is 11.7 Å². The molecule has 0 spiro atoms. The van der Waals surface area contributed by atoms with E-state index in [-0.39, 0.29) is 10.5 Å². The lowest BCUT2D eigenvalue weighted by molar-refractivity contribution is -0.136. The molecule has 3 rings (SSSR count). The number of benzene rings is 2. The van der Waals surface area contributed by atoms with E-state index in [0.717, 1.165) is 12.5 Å². The van der Waals surface area contributed by atoms with Crippen molar-refractivity contribution in [2.24, 2.45) is 5.73 Å².